The van der Waals surface area contributed by atoms with Crippen LogP contribution in [0.5, 0.6) is 0 Å². The normalized spacial score (nSPS) is 18.5. The quantitative estimate of drug-likeness (QED) is 0.819. The highest BCUT2D eigenvalue weighted by molar-refractivity contribution is 5.77. The van der Waals surface area contributed by atoms with Gasteiger partial charge in [0.05, 0.1) is 6.04 Å². The van der Waals surface area contributed by atoms with Crippen molar-refractivity contribution in [3.8, 4) is 11.4 Å². The molecule has 0 bridgehead atoms. The Morgan fingerprint density at radius 2 is 1.88 bits per heavy atom. The molecular weight excluding hydrogens is 310 g/mol. The number of hydrogen-bond acceptors (Lipinski definition) is 2. The van der Waals surface area contributed by atoms with Crippen LogP contribution < -0.4 is 0 Å². The lowest BCUT2D eigenvalue weighted by atomic mass is 10.00. The minimum absolute atomic E-state index is 0.335. The first-order chi connectivity index (χ1) is 12.2. The van der Waals surface area contributed by atoms with E-state index in [1.807, 2.05) is 29.3 Å². The molecule has 1 saturated heterocycles. The highest BCUT2D eigenvalue weighted by Gasteiger charge is 2.34. The van der Waals surface area contributed by atoms with E-state index in [-0.39, 0.29) is 0 Å². The SMILES string of the molecule is Cc1cnc(-c2ccccc2)n1C1CN(C(=O)CCC2CCCC2)C1. The molecule has 1 aromatic carbocycles. The first kappa shape index (κ1) is 16.4. The van der Waals surface area contributed by atoms with Crippen molar-refractivity contribution in [2.24, 2.45) is 5.92 Å². The van der Waals surface area contributed by atoms with Gasteiger partial charge in [0.25, 0.3) is 0 Å². The molecule has 0 N–H and O–H groups in total. The molecule has 2 heterocycles. The Bertz CT molecular complexity index is 725. The number of likely N-dealkylation sites (tertiary alicyclic amines) is 1. The predicted molar refractivity (Wildman–Crippen MR) is 99.2 cm³/mol. The summed E-state index contributed by atoms with van der Waals surface area (Å²) in [4.78, 5) is 19.1. The molecule has 0 atom stereocenters. The fourth-order valence-electron chi connectivity index (χ4n) is 4.31. The Morgan fingerprint density at radius 3 is 2.60 bits per heavy atom. The van der Waals surface area contributed by atoms with Crippen molar-refractivity contribution >= 4 is 5.91 Å². The molecule has 4 nitrogen and oxygen atoms in total. The molecular formula is C21H27N3O. The van der Waals surface area contributed by atoms with Crippen molar-refractivity contribution in [3.05, 3.63) is 42.2 Å². The summed E-state index contributed by atoms with van der Waals surface area (Å²) in [5.41, 5.74) is 2.31. The van der Waals surface area contributed by atoms with Gasteiger partial charge >= 0.3 is 0 Å². The molecule has 132 valence electrons. The van der Waals surface area contributed by atoms with Gasteiger partial charge in [-0.05, 0) is 19.3 Å². The lowest BCUT2D eigenvalue weighted by molar-refractivity contribution is -0.137. The Hall–Kier alpha value is -2.10. The zero-order valence-electron chi connectivity index (χ0n) is 15.0. The van der Waals surface area contributed by atoms with E-state index in [0.717, 1.165) is 43.2 Å². The van der Waals surface area contributed by atoms with E-state index in [0.29, 0.717) is 11.9 Å². The van der Waals surface area contributed by atoms with E-state index in [2.05, 4.69) is 28.6 Å². The molecule has 2 fully saturated rings. The van der Waals surface area contributed by atoms with E-state index >= 15 is 0 Å². The fourth-order valence-corrected chi connectivity index (χ4v) is 4.31. The molecule has 1 aliphatic carbocycles. The molecule has 2 aliphatic rings. The summed E-state index contributed by atoms with van der Waals surface area (Å²) in [6.45, 7) is 3.74. The Morgan fingerprint density at radius 1 is 1.16 bits per heavy atom. The molecule has 2 aromatic rings. The van der Waals surface area contributed by atoms with Gasteiger partial charge in [0, 0.05) is 37.0 Å². The van der Waals surface area contributed by atoms with Gasteiger partial charge < -0.3 is 9.47 Å². The van der Waals surface area contributed by atoms with E-state index in [1.54, 1.807) is 0 Å². The molecule has 0 spiro atoms. The van der Waals surface area contributed by atoms with Crippen LogP contribution in [0.4, 0.5) is 0 Å². The maximum absolute atomic E-state index is 12.4. The van der Waals surface area contributed by atoms with Gasteiger partial charge in [-0.1, -0.05) is 56.0 Å². The second-order valence-electron chi connectivity index (χ2n) is 7.60. The number of nitrogens with zero attached hydrogens (tertiary/aromatic N) is 3. The average Bonchev–Trinajstić information content (AvgIpc) is 3.23. The maximum Gasteiger partial charge on any atom is 0.222 e. The van der Waals surface area contributed by atoms with Gasteiger partial charge in [0.15, 0.2) is 0 Å². The van der Waals surface area contributed by atoms with Crippen LogP contribution in [-0.4, -0.2) is 33.4 Å². The molecule has 4 heteroatoms. The van der Waals surface area contributed by atoms with Gasteiger partial charge in [-0.15, -0.1) is 0 Å². The summed E-state index contributed by atoms with van der Waals surface area (Å²) in [5, 5.41) is 0. The van der Waals surface area contributed by atoms with Gasteiger partial charge in [0.2, 0.25) is 5.91 Å². The summed E-state index contributed by atoms with van der Waals surface area (Å²) in [7, 11) is 0. The molecule has 1 amide bonds. The van der Waals surface area contributed by atoms with Crippen LogP contribution in [0.1, 0.15) is 50.3 Å². The van der Waals surface area contributed by atoms with Crippen molar-refractivity contribution < 1.29 is 4.79 Å². The third-order valence-electron chi connectivity index (χ3n) is 5.84. The minimum atomic E-state index is 0.335. The fraction of sp³-hybridized carbons (Fsp3) is 0.524. The maximum atomic E-state index is 12.4. The second-order valence-corrected chi connectivity index (χ2v) is 7.60. The molecule has 1 aliphatic heterocycles. The number of amides is 1. The largest absolute Gasteiger partial charge is 0.338 e. The van der Waals surface area contributed by atoms with Crippen molar-refractivity contribution in [1.82, 2.24) is 14.5 Å². The van der Waals surface area contributed by atoms with Crippen LogP contribution >= 0.6 is 0 Å². The standard InChI is InChI=1S/C21H27N3O/c1-16-13-22-21(18-9-3-2-4-10-18)24(16)19-14-23(15-19)20(25)12-11-17-7-5-6-8-17/h2-4,9-10,13,17,19H,5-8,11-12,14-15H2,1H3. The predicted octanol–water partition coefficient (Wildman–Crippen LogP) is 4.21. The van der Waals surface area contributed by atoms with Gasteiger partial charge in [-0.2, -0.15) is 0 Å². The molecule has 0 unspecified atom stereocenters. The summed E-state index contributed by atoms with van der Waals surface area (Å²) in [6, 6.07) is 10.7. The summed E-state index contributed by atoms with van der Waals surface area (Å²) in [5.74, 6) is 2.14. The zero-order valence-corrected chi connectivity index (χ0v) is 15.0. The van der Waals surface area contributed by atoms with Crippen LogP contribution in [0.2, 0.25) is 0 Å². The average molecular weight is 337 g/mol. The third kappa shape index (κ3) is 3.35. The number of hydrogen-bond donors (Lipinski definition) is 0. The Labute approximate surface area is 149 Å². The summed E-state index contributed by atoms with van der Waals surface area (Å²) >= 11 is 0. The number of aromatic nitrogens is 2. The Kier molecular flexibility index (Phi) is 4.60. The number of rotatable bonds is 5. The highest BCUT2D eigenvalue weighted by Crippen LogP contribution is 2.32. The molecule has 1 aromatic heterocycles. The lowest BCUT2D eigenvalue weighted by Gasteiger charge is -2.41. The van der Waals surface area contributed by atoms with Gasteiger partial charge in [0.1, 0.15) is 5.82 Å². The molecule has 0 radical (unpaired) electrons. The first-order valence-electron chi connectivity index (χ1n) is 9.59. The van der Waals surface area contributed by atoms with E-state index < -0.39 is 0 Å². The molecule has 25 heavy (non-hydrogen) atoms. The summed E-state index contributed by atoms with van der Waals surface area (Å²) < 4.78 is 2.30. The van der Waals surface area contributed by atoms with Crippen molar-refractivity contribution in [2.45, 2.75) is 51.5 Å². The van der Waals surface area contributed by atoms with Crippen molar-refractivity contribution in [1.29, 1.82) is 0 Å². The van der Waals surface area contributed by atoms with E-state index in [1.165, 1.54) is 31.4 Å². The van der Waals surface area contributed by atoms with Gasteiger partial charge in [-0.3, -0.25) is 4.79 Å². The van der Waals surface area contributed by atoms with Crippen LogP contribution in [-0.2, 0) is 4.79 Å². The molecule has 4 rings (SSSR count). The monoisotopic (exact) mass is 337 g/mol. The van der Waals surface area contributed by atoms with Crippen LogP contribution in [0.15, 0.2) is 36.5 Å². The van der Waals surface area contributed by atoms with Crippen molar-refractivity contribution in [2.75, 3.05) is 13.1 Å². The van der Waals surface area contributed by atoms with Crippen LogP contribution in [0.25, 0.3) is 11.4 Å². The topological polar surface area (TPSA) is 38.1 Å². The smallest absolute Gasteiger partial charge is 0.222 e. The van der Waals surface area contributed by atoms with Crippen molar-refractivity contribution in [3.63, 3.8) is 0 Å². The van der Waals surface area contributed by atoms with E-state index in [4.69, 9.17) is 0 Å². The first-order valence-corrected chi connectivity index (χ1v) is 9.59. The Balaban J connectivity index is 1.37. The lowest BCUT2D eigenvalue weighted by Crippen LogP contribution is -2.51. The third-order valence-corrected chi connectivity index (χ3v) is 5.84. The number of benzene rings is 1. The highest BCUT2D eigenvalue weighted by atomic mass is 16.2. The number of carbonyl (C=O) groups is 1. The van der Waals surface area contributed by atoms with Crippen LogP contribution in [0.3, 0.4) is 0 Å². The zero-order chi connectivity index (χ0) is 17.2. The second kappa shape index (κ2) is 7.03. The molecule has 1 saturated carbocycles. The number of aryl methyl sites for hydroxylation is 1. The van der Waals surface area contributed by atoms with Gasteiger partial charge in [-0.25, -0.2) is 4.98 Å². The summed E-state index contributed by atoms with van der Waals surface area (Å²) in [6.07, 6.45) is 9.10. The minimum Gasteiger partial charge on any atom is -0.338 e. The van der Waals surface area contributed by atoms with Crippen LogP contribution in [0, 0.1) is 12.8 Å². The van der Waals surface area contributed by atoms with E-state index in [9.17, 15) is 4.79 Å². The number of carbonyl (C=O) groups excluding carboxylic acids is 1. The number of imidazole rings is 1.